The quantitative estimate of drug-likeness (QED) is 0.162. The number of nitrogen functional groups attached to an aromatic ring is 1. The normalized spacial score (nSPS) is 26.1. The Morgan fingerprint density at radius 1 is 1.43 bits per heavy atom. The highest BCUT2D eigenvalue weighted by atomic mass is 31.2. The van der Waals surface area contributed by atoms with Crippen LogP contribution in [0, 0.1) is 0 Å². The largest absolute Gasteiger partial charge is 0.390 e. The van der Waals surface area contributed by atoms with Gasteiger partial charge in [-0.25, -0.2) is 15.0 Å². The molecule has 1 unspecified atom stereocenters. The molecule has 0 spiro atoms. The van der Waals surface area contributed by atoms with Crippen LogP contribution in [0.4, 0.5) is 5.82 Å². The molecule has 1 aliphatic heterocycles. The van der Waals surface area contributed by atoms with Crippen LogP contribution in [0.3, 0.4) is 0 Å². The molecule has 5 atom stereocenters. The molecular weight excluding hydrogens is 446 g/mol. The Kier molecular flexibility index (Phi) is 5.91. The number of nitrogens with zero attached hydrogens (tertiary/aromatic N) is 7. The summed E-state index contributed by atoms with van der Waals surface area (Å²) in [6.45, 7) is -0.115. The minimum atomic E-state index is -5.39. The summed E-state index contributed by atoms with van der Waals surface area (Å²) in [6.07, 6.45) is -0.448. The van der Waals surface area contributed by atoms with Gasteiger partial charge in [-0.2, -0.15) is 0 Å². The predicted octanol–water partition coefficient (Wildman–Crippen LogP) is 0.421. The van der Waals surface area contributed by atoms with E-state index in [1.165, 1.54) is 17.2 Å². The number of nitrogens with two attached hydrogens (primary N) is 1. The molecule has 0 aliphatic carbocycles. The van der Waals surface area contributed by atoms with Crippen molar-refractivity contribution in [2.75, 3.05) is 12.3 Å². The Morgan fingerprint density at radius 3 is 2.77 bits per heavy atom. The molecule has 0 saturated carbocycles. The van der Waals surface area contributed by atoms with Crippen molar-refractivity contribution in [3.8, 4) is 0 Å². The number of azide groups is 1. The van der Waals surface area contributed by atoms with Gasteiger partial charge in [-0.15, -0.1) is 0 Å². The van der Waals surface area contributed by atoms with Gasteiger partial charge in [0.15, 0.2) is 11.5 Å². The Balaban J connectivity index is 1.77. The second-order valence-electron chi connectivity index (χ2n) is 6.54. The molecule has 0 bridgehead atoms. The number of hydrogen-bond acceptors (Lipinski definition) is 10. The minimum absolute atomic E-state index is 0.0330. The van der Waals surface area contributed by atoms with Crippen LogP contribution in [0.1, 0.15) is 19.6 Å². The van der Waals surface area contributed by atoms with Crippen LogP contribution in [0.2, 0.25) is 0 Å². The number of aliphatic hydroxyl groups is 1. The fraction of sp³-hybridized carbons (Fsp3) is 0.583. The van der Waals surface area contributed by atoms with Crippen molar-refractivity contribution in [2.45, 2.75) is 36.8 Å². The zero-order chi connectivity index (χ0) is 22.3. The van der Waals surface area contributed by atoms with E-state index in [1.807, 2.05) is 0 Å². The van der Waals surface area contributed by atoms with Gasteiger partial charge in [0.1, 0.15) is 24.2 Å². The fourth-order valence-electron chi connectivity index (χ4n) is 2.78. The molecule has 0 amide bonds. The van der Waals surface area contributed by atoms with Crippen molar-refractivity contribution in [1.82, 2.24) is 19.5 Å². The lowest BCUT2D eigenvalue weighted by molar-refractivity contribution is -0.0401. The molecular formula is C12H18N8O8P2. The average Bonchev–Trinajstić information content (AvgIpc) is 3.23. The summed E-state index contributed by atoms with van der Waals surface area (Å²) >= 11 is 0. The fourth-order valence-corrected chi connectivity index (χ4v) is 5.17. The summed E-state index contributed by atoms with van der Waals surface area (Å²) in [7, 11) is -10.6. The molecule has 1 aliphatic rings. The van der Waals surface area contributed by atoms with E-state index in [9.17, 15) is 28.9 Å². The van der Waals surface area contributed by atoms with Crippen molar-refractivity contribution < 1.29 is 38.2 Å². The minimum Gasteiger partial charge on any atom is -0.390 e. The first-order valence-corrected chi connectivity index (χ1v) is 11.5. The number of aromatic nitrogens is 4. The predicted molar refractivity (Wildman–Crippen MR) is 99.6 cm³/mol. The van der Waals surface area contributed by atoms with E-state index in [1.54, 1.807) is 0 Å². The number of ether oxygens (including phenoxy) is 1. The number of aliphatic hydroxyl groups excluding tert-OH is 1. The van der Waals surface area contributed by atoms with Crippen LogP contribution < -0.4 is 5.73 Å². The molecule has 1 fully saturated rings. The summed E-state index contributed by atoms with van der Waals surface area (Å²) in [4.78, 5) is 43.0. The molecule has 0 radical (unpaired) electrons. The third-order valence-electron chi connectivity index (χ3n) is 4.64. The van der Waals surface area contributed by atoms with Gasteiger partial charge < -0.3 is 34.8 Å². The Labute approximate surface area is 168 Å². The van der Waals surface area contributed by atoms with Crippen LogP contribution >= 0.6 is 15.2 Å². The van der Waals surface area contributed by atoms with Crippen molar-refractivity contribution >= 4 is 32.2 Å². The maximum absolute atomic E-state index is 12.5. The number of fused-ring (bicyclic) bond motifs is 1. The van der Waals surface area contributed by atoms with Gasteiger partial charge >= 0.3 is 15.2 Å². The van der Waals surface area contributed by atoms with Crippen LogP contribution in [0.5, 0.6) is 0 Å². The lowest BCUT2D eigenvalue weighted by Crippen LogP contribution is -2.29. The maximum Gasteiger partial charge on any atom is 0.352 e. The summed E-state index contributed by atoms with van der Waals surface area (Å²) in [5.41, 5.74) is 14.9. The summed E-state index contributed by atoms with van der Waals surface area (Å²) in [5.74, 6) is 0.146. The first kappa shape index (κ1) is 22.6. The van der Waals surface area contributed by atoms with Crippen molar-refractivity contribution in [1.29, 1.82) is 0 Å². The van der Waals surface area contributed by atoms with Crippen molar-refractivity contribution in [2.24, 2.45) is 5.11 Å². The van der Waals surface area contributed by atoms with Crippen LogP contribution in [0.25, 0.3) is 21.6 Å². The molecule has 6 N–H and O–H groups in total. The Hall–Kier alpha value is -2.12. The number of hydrogen-bond donors (Lipinski definition) is 5. The van der Waals surface area contributed by atoms with E-state index in [-0.39, 0.29) is 12.2 Å². The highest BCUT2D eigenvalue weighted by Gasteiger charge is 2.58. The zero-order valence-corrected chi connectivity index (χ0v) is 17.1. The van der Waals surface area contributed by atoms with Crippen molar-refractivity contribution in [3.05, 3.63) is 23.1 Å². The molecule has 18 heteroatoms. The SMILES string of the molecule is C[C@](N=[N+]=[N-])(P(=O)(O)O)P(=O)(O)OC[C@H]1O[C@@H](n2cnc3c(N)ncnc32)C[C@@H]1O. The third kappa shape index (κ3) is 3.81. The van der Waals surface area contributed by atoms with Gasteiger partial charge in [0.2, 0.25) is 5.02 Å². The van der Waals surface area contributed by atoms with E-state index >= 15 is 0 Å². The summed E-state index contributed by atoms with van der Waals surface area (Å²) in [5, 5.41) is 9.99. The summed E-state index contributed by atoms with van der Waals surface area (Å²) < 4.78 is 36.0. The molecule has 3 heterocycles. The van der Waals surface area contributed by atoms with E-state index in [2.05, 4.69) is 25.0 Å². The van der Waals surface area contributed by atoms with Gasteiger partial charge in [0.05, 0.1) is 19.0 Å². The standard InChI is InChI=1S/C12H18N8O8P2/c1-12(18-19-14,29(22,23)24)30(25,26)27-3-7-6(21)2-8(28-7)20-5-17-9-10(13)15-4-16-11(9)20/h4-8,21H,2-3H2,1H3,(H,25,26)(H2,13,15,16)(H2,22,23,24)/t6-,7+,8+,12-/m0/s1. The second-order valence-corrected chi connectivity index (χ2v) is 11.0. The molecule has 2 aromatic rings. The van der Waals surface area contributed by atoms with Gasteiger partial charge in [-0.05, 0) is 12.5 Å². The third-order valence-corrected chi connectivity index (χ3v) is 9.03. The number of imidazole rings is 1. The molecule has 2 aromatic heterocycles. The van der Waals surface area contributed by atoms with Crippen LogP contribution in [-0.4, -0.2) is 63.1 Å². The molecule has 1 saturated heterocycles. The van der Waals surface area contributed by atoms with E-state index in [0.29, 0.717) is 18.1 Å². The molecule has 16 nitrogen and oxygen atoms in total. The molecule has 30 heavy (non-hydrogen) atoms. The lowest BCUT2D eigenvalue weighted by Gasteiger charge is -2.29. The van der Waals surface area contributed by atoms with Gasteiger partial charge in [-0.1, -0.05) is 5.11 Å². The van der Waals surface area contributed by atoms with Crippen molar-refractivity contribution in [3.63, 3.8) is 0 Å². The van der Waals surface area contributed by atoms with E-state index in [4.69, 9.17) is 20.5 Å². The van der Waals surface area contributed by atoms with Gasteiger partial charge in [-0.3, -0.25) is 13.7 Å². The molecule has 164 valence electrons. The lowest BCUT2D eigenvalue weighted by atomic mass is 10.2. The van der Waals surface area contributed by atoms with Gasteiger partial charge in [0.25, 0.3) is 0 Å². The zero-order valence-electron chi connectivity index (χ0n) is 15.3. The Morgan fingerprint density at radius 2 is 2.13 bits per heavy atom. The van der Waals surface area contributed by atoms with E-state index < -0.39 is 45.3 Å². The second kappa shape index (κ2) is 7.85. The number of rotatable bonds is 7. The topological polar surface area (TPSA) is 252 Å². The smallest absolute Gasteiger partial charge is 0.352 e. The molecule has 3 rings (SSSR count). The summed E-state index contributed by atoms with van der Waals surface area (Å²) in [6, 6.07) is 0. The number of anilines is 1. The van der Waals surface area contributed by atoms with E-state index in [0.717, 1.165) is 0 Å². The molecule has 0 aromatic carbocycles. The van der Waals surface area contributed by atoms with Gasteiger partial charge in [0, 0.05) is 11.3 Å². The first-order chi connectivity index (χ1) is 13.9. The monoisotopic (exact) mass is 464 g/mol. The average molecular weight is 464 g/mol. The Bertz CT molecular complexity index is 1100. The van der Waals surface area contributed by atoms with Crippen LogP contribution in [-0.2, 0) is 18.4 Å². The highest BCUT2D eigenvalue weighted by molar-refractivity contribution is 7.72. The maximum atomic E-state index is 12.5. The highest BCUT2D eigenvalue weighted by Crippen LogP contribution is 2.72. The first-order valence-electron chi connectivity index (χ1n) is 8.27. The van der Waals surface area contributed by atoms with Crippen LogP contribution in [0.15, 0.2) is 17.8 Å².